The van der Waals surface area contributed by atoms with E-state index in [1.54, 1.807) is 11.8 Å². The quantitative estimate of drug-likeness (QED) is 0.924. The molecule has 1 unspecified atom stereocenters. The second-order valence-corrected chi connectivity index (χ2v) is 5.60. The monoisotopic (exact) mass is 310 g/mol. The summed E-state index contributed by atoms with van der Waals surface area (Å²) in [5.41, 5.74) is 2.05. The Hall–Kier alpha value is -2.76. The van der Waals surface area contributed by atoms with E-state index in [2.05, 4.69) is 15.3 Å². The first-order valence-electron chi connectivity index (χ1n) is 7.56. The Labute approximate surface area is 134 Å². The summed E-state index contributed by atoms with van der Waals surface area (Å²) in [5.74, 6) is -0.417. The summed E-state index contributed by atoms with van der Waals surface area (Å²) in [6.07, 6.45) is 3.57. The van der Waals surface area contributed by atoms with Crippen LogP contribution in [0, 0.1) is 6.92 Å². The van der Waals surface area contributed by atoms with E-state index in [0.29, 0.717) is 19.5 Å². The lowest BCUT2D eigenvalue weighted by Crippen LogP contribution is -2.41. The lowest BCUT2D eigenvalue weighted by molar-refractivity contribution is -0.129. The van der Waals surface area contributed by atoms with Crippen LogP contribution in [-0.4, -0.2) is 39.3 Å². The van der Waals surface area contributed by atoms with Crippen molar-refractivity contribution in [3.05, 3.63) is 59.7 Å². The lowest BCUT2D eigenvalue weighted by atomic mass is 10.2. The summed E-state index contributed by atoms with van der Waals surface area (Å²) in [6.45, 7) is 3.01. The molecule has 0 spiro atoms. The highest BCUT2D eigenvalue weighted by Crippen LogP contribution is 2.15. The third-order valence-electron chi connectivity index (χ3n) is 3.83. The number of hydrogen-bond donors (Lipinski definition) is 1. The van der Waals surface area contributed by atoms with Crippen molar-refractivity contribution in [1.29, 1.82) is 0 Å². The van der Waals surface area contributed by atoms with Gasteiger partial charge in [0.05, 0.1) is 11.9 Å². The van der Waals surface area contributed by atoms with Crippen LogP contribution in [0.2, 0.25) is 0 Å². The maximum Gasteiger partial charge on any atom is 0.272 e. The molecule has 0 aliphatic carbocycles. The summed E-state index contributed by atoms with van der Waals surface area (Å²) in [7, 11) is 0. The normalized spacial score (nSPS) is 17.3. The predicted octanol–water partition coefficient (Wildman–Crippen LogP) is 1.32. The van der Waals surface area contributed by atoms with Gasteiger partial charge in [-0.15, -0.1) is 0 Å². The first-order valence-corrected chi connectivity index (χ1v) is 7.56. The van der Waals surface area contributed by atoms with Gasteiger partial charge >= 0.3 is 0 Å². The van der Waals surface area contributed by atoms with E-state index in [1.165, 1.54) is 12.4 Å². The fraction of sp³-hybridized carbons (Fsp3) is 0.294. The zero-order valence-corrected chi connectivity index (χ0v) is 12.9. The second kappa shape index (κ2) is 6.56. The molecule has 2 aromatic rings. The zero-order chi connectivity index (χ0) is 16.2. The van der Waals surface area contributed by atoms with Crippen molar-refractivity contribution in [2.75, 3.05) is 6.54 Å². The van der Waals surface area contributed by atoms with Crippen LogP contribution in [0.1, 0.15) is 28.2 Å². The van der Waals surface area contributed by atoms with Gasteiger partial charge in [-0.2, -0.15) is 0 Å². The van der Waals surface area contributed by atoms with Gasteiger partial charge in [-0.3, -0.25) is 14.6 Å². The largest absolute Gasteiger partial charge is 0.339 e. The smallest absolute Gasteiger partial charge is 0.272 e. The number of hydrogen-bond acceptors (Lipinski definition) is 4. The van der Waals surface area contributed by atoms with Gasteiger partial charge in [0.25, 0.3) is 5.91 Å². The maximum absolute atomic E-state index is 12.4. The van der Waals surface area contributed by atoms with E-state index in [-0.39, 0.29) is 17.5 Å². The van der Waals surface area contributed by atoms with Crippen LogP contribution >= 0.6 is 0 Å². The molecule has 23 heavy (non-hydrogen) atoms. The highest BCUT2D eigenvalue weighted by atomic mass is 16.2. The van der Waals surface area contributed by atoms with Gasteiger partial charge in [-0.1, -0.05) is 30.3 Å². The van der Waals surface area contributed by atoms with Gasteiger partial charge in [-0.05, 0) is 18.9 Å². The van der Waals surface area contributed by atoms with Crippen molar-refractivity contribution < 1.29 is 9.59 Å². The molecule has 1 saturated heterocycles. The minimum atomic E-state index is -0.491. The molecule has 1 aliphatic heterocycles. The minimum absolute atomic E-state index is 0.0535. The maximum atomic E-state index is 12.4. The first-order chi connectivity index (χ1) is 11.1. The molecule has 2 amide bonds. The van der Waals surface area contributed by atoms with Crippen molar-refractivity contribution in [1.82, 2.24) is 20.2 Å². The van der Waals surface area contributed by atoms with Crippen LogP contribution in [0.25, 0.3) is 0 Å². The number of carbonyl (C=O) groups excluding carboxylic acids is 2. The van der Waals surface area contributed by atoms with Gasteiger partial charge in [-0.25, -0.2) is 4.98 Å². The molecule has 3 rings (SSSR count). The number of aromatic nitrogens is 2. The van der Waals surface area contributed by atoms with Crippen molar-refractivity contribution in [3.8, 4) is 0 Å². The lowest BCUT2D eigenvalue weighted by Gasteiger charge is -2.17. The van der Waals surface area contributed by atoms with E-state index in [4.69, 9.17) is 0 Å². The molecule has 6 nitrogen and oxygen atoms in total. The Morgan fingerprint density at radius 2 is 2.04 bits per heavy atom. The van der Waals surface area contributed by atoms with E-state index >= 15 is 0 Å². The summed E-state index contributed by atoms with van der Waals surface area (Å²) in [5, 5.41) is 2.75. The molecule has 0 radical (unpaired) electrons. The van der Waals surface area contributed by atoms with Crippen molar-refractivity contribution in [2.45, 2.75) is 25.9 Å². The number of benzene rings is 1. The first kappa shape index (κ1) is 15.1. The van der Waals surface area contributed by atoms with Crippen molar-refractivity contribution in [2.24, 2.45) is 0 Å². The summed E-state index contributed by atoms with van der Waals surface area (Å²) >= 11 is 0. The third-order valence-corrected chi connectivity index (χ3v) is 3.83. The Morgan fingerprint density at radius 3 is 2.74 bits per heavy atom. The molecule has 1 N–H and O–H groups in total. The highest BCUT2D eigenvalue weighted by Gasteiger charge is 2.32. The van der Waals surface area contributed by atoms with Crippen LogP contribution in [-0.2, 0) is 11.3 Å². The summed E-state index contributed by atoms with van der Waals surface area (Å²) in [4.78, 5) is 34.4. The zero-order valence-electron chi connectivity index (χ0n) is 12.9. The number of amides is 2. The molecule has 2 heterocycles. The number of nitrogens with one attached hydrogen (secondary N) is 1. The molecule has 1 aromatic heterocycles. The van der Waals surface area contributed by atoms with Crippen molar-refractivity contribution >= 4 is 11.8 Å². The predicted molar refractivity (Wildman–Crippen MR) is 84.5 cm³/mol. The Kier molecular flexibility index (Phi) is 4.32. The van der Waals surface area contributed by atoms with Gasteiger partial charge in [0.15, 0.2) is 0 Å². The molecule has 1 aromatic carbocycles. The fourth-order valence-electron chi connectivity index (χ4n) is 2.58. The fourth-order valence-corrected chi connectivity index (χ4v) is 2.58. The molecule has 6 heteroatoms. The number of likely N-dealkylation sites (tertiary alicyclic amines) is 1. The third kappa shape index (κ3) is 3.53. The van der Waals surface area contributed by atoms with Crippen LogP contribution in [0.5, 0.6) is 0 Å². The van der Waals surface area contributed by atoms with E-state index < -0.39 is 6.04 Å². The number of aryl methyl sites for hydroxylation is 1. The average molecular weight is 310 g/mol. The van der Waals surface area contributed by atoms with E-state index in [0.717, 1.165) is 11.3 Å². The van der Waals surface area contributed by atoms with Gasteiger partial charge in [0.2, 0.25) is 5.91 Å². The average Bonchev–Trinajstić information content (AvgIpc) is 2.90. The number of carbonyl (C=O) groups is 2. The van der Waals surface area contributed by atoms with Crippen LogP contribution in [0.3, 0.4) is 0 Å². The standard InChI is InChI=1S/C17H18N4O2/c1-12-9-19-15(10-18-12)16(22)20-14-7-8-21(17(14)23)11-13-5-3-2-4-6-13/h2-6,9-10,14H,7-8,11H2,1H3,(H,20,22). The van der Waals surface area contributed by atoms with Gasteiger partial charge in [0, 0.05) is 19.3 Å². The Bertz CT molecular complexity index is 700. The number of rotatable bonds is 4. The Morgan fingerprint density at radius 1 is 1.26 bits per heavy atom. The number of nitrogens with zero attached hydrogens (tertiary/aromatic N) is 3. The molecule has 0 saturated carbocycles. The second-order valence-electron chi connectivity index (χ2n) is 5.60. The molecular weight excluding hydrogens is 292 g/mol. The van der Waals surface area contributed by atoms with Crippen LogP contribution in [0.15, 0.2) is 42.7 Å². The van der Waals surface area contributed by atoms with Gasteiger partial charge in [0.1, 0.15) is 11.7 Å². The van der Waals surface area contributed by atoms with Crippen LogP contribution in [0.4, 0.5) is 0 Å². The van der Waals surface area contributed by atoms with E-state index in [1.807, 2.05) is 30.3 Å². The van der Waals surface area contributed by atoms with E-state index in [9.17, 15) is 9.59 Å². The molecule has 1 atom stereocenters. The van der Waals surface area contributed by atoms with Gasteiger partial charge < -0.3 is 10.2 Å². The molecule has 1 aliphatic rings. The Balaban J connectivity index is 1.60. The molecule has 0 bridgehead atoms. The van der Waals surface area contributed by atoms with Crippen molar-refractivity contribution in [3.63, 3.8) is 0 Å². The molecule has 1 fully saturated rings. The minimum Gasteiger partial charge on any atom is -0.339 e. The highest BCUT2D eigenvalue weighted by molar-refractivity contribution is 5.96. The summed E-state index contributed by atoms with van der Waals surface area (Å²) < 4.78 is 0. The molecular formula is C17H18N4O2. The van der Waals surface area contributed by atoms with Crippen LogP contribution < -0.4 is 5.32 Å². The molecule has 118 valence electrons. The SMILES string of the molecule is Cc1cnc(C(=O)NC2CCN(Cc3ccccc3)C2=O)cn1. The summed E-state index contributed by atoms with van der Waals surface area (Å²) in [6, 6.07) is 9.33. The topological polar surface area (TPSA) is 75.2 Å².